The monoisotopic (exact) mass is 1680 g/mol. The number of alkyl halides is 3. The van der Waals surface area contributed by atoms with Gasteiger partial charge in [-0.05, 0) is 87.7 Å². The van der Waals surface area contributed by atoms with Crippen LogP contribution in [0.3, 0.4) is 0 Å². The highest BCUT2D eigenvalue weighted by Gasteiger charge is 2.40. The number of carboxylic acid groups (broad SMARTS) is 3. The van der Waals surface area contributed by atoms with Gasteiger partial charge in [0.05, 0.1) is 44.5 Å². The van der Waals surface area contributed by atoms with E-state index in [1.807, 2.05) is 0 Å². The molecule has 0 bridgehead atoms. The van der Waals surface area contributed by atoms with E-state index in [9.17, 15) is 95.9 Å². The molecule has 0 unspecified atom stereocenters. The number of nitrogens with zero attached hydrogens (tertiary/aromatic N) is 4. The number of halogens is 3. The third-order valence-corrected chi connectivity index (χ3v) is 17.6. The molecule has 4 aromatic heterocycles. The molecule has 0 saturated carbocycles. The minimum absolute atomic E-state index is 0.0273. The van der Waals surface area contributed by atoms with Crippen molar-refractivity contribution in [2.75, 3.05) is 32.8 Å². The van der Waals surface area contributed by atoms with Crippen LogP contribution in [0.15, 0.2) is 105 Å². The second-order valence-corrected chi connectivity index (χ2v) is 27.0. The summed E-state index contributed by atoms with van der Waals surface area (Å²) in [4.78, 5) is 218. The van der Waals surface area contributed by atoms with E-state index in [-0.39, 0.29) is 107 Å². The Hall–Kier alpha value is -13.4. The largest absolute Gasteiger partial charge is 0.508 e. The Morgan fingerprint density at radius 2 is 0.782 bits per heavy atom. The van der Waals surface area contributed by atoms with Gasteiger partial charge in [-0.15, -0.1) is 0 Å². The number of aromatic hydroxyl groups is 1. The molecular formula is C72H100F3N25O19. The lowest BCUT2D eigenvalue weighted by molar-refractivity contribution is -0.192. The number of amides is 11. The zero-order valence-corrected chi connectivity index (χ0v) is 64.2. The molecule has 0 saturated heterocycles. The molecule has 0 spiro atoms. The number of aromatic nitrogens is 8. The van der Waals surface area contributed by atoms with Crippen LogP contribution in [0.1, 0.15) is 98.1 Å². The molecular weight excluding hydrogens is 1580 g/mol. The zero-order chi connectivity index (χ0) is 87.6. The average molecular weight is 1680 g/mol. The number of carboxylic acids is 3. The number of benzene rings is 2. The number of aliphatic hydroxyl groups is 1. The summed E-state index contributed by atoms with van der Waals surface area (Å²) in [5.74, 6) is -16.8. The van der Waals surface area contributed by atoms with Gasteiger partial charge < -0.3 is 132 Å². The SMILES string of the molecule is N=C(N)NCCC[C@H](NC(=O)[C@H](Cc1cnc[nH]1)NC(=O)[C@H](CO)NC(=O)[C@H](Cc1cnc[nH]1)NC(=O)[C@H](Cc1cnc[nH]1)NC(=O)[C@H](CCCCN)NC(=O)[C@H](CCC(=O)O)NC(=O)[C@H](Cc1cnc[nH]1)NC(=O)[C@H](Cc1ccccc1)NC(=O)[C@@H](N)CCCCN)C(=O)NCC(=O)N[C@@H](Cc1ccc(O)cc1)C(=O)O.O=C(O)C(F)(F)F. The Balaban J connectivity index is 0.00000344. The summed E-state index contributed by atoms with van der Waals surface area (Å²) < 4.78 is 31.7. The lowest BCUT2D eigenvalue weighted by Gasteiger charge is -2.28. The van der Waals surface area contributed by atoms with Crippen molar-refractivity contribution in [3.05, 3.63) is 139 Å². The predicted molar refractivity (Wildman–Crippen MR) is 412 cm³/mol. The summed E-state index contributed by atoms with van der Waals surface area (Å²) in [7, 11) is 0. The van der Waals surface area contributed by atoms with E-state index in [0.717, 1.165) is 0 Å². The standard InChI is InChI=1S/C70H99N25O17.C2HF3O2/c71-20-6-4-11-46(73)59(101)90-50(23-39-9-2-1-3-10-39)63(105)92-51(25-41-29-76-35-82-41)65(107)89-49(18-19-58(99)100)62(104)88-48(12-5-7-21-72)61(103)91-53(27-43-31-78-37-84-43)66(108)93-54(28-44-32-79-38-85-44)67(109)95-56(34-96)68(110)94-52(26-42-30-77-36-83-42)64(106)87-47(13-8-22-80-70(74)75)60(102)81-33-57(98)86-55(69(111)112)24-40-14-16-45(97)17-15-40;3-2(4,5)1(6)7/h1-3,9-10,14-17,29-32,35-38,46-56,96-97H,4-8,11-13,18-28,33-34,71-73H2,(H,76,82)(H,77,83)(H,78,84)(H,79,85)(H,81,102)(H,86,98)(H,87,106)(H,88,104)(H,89,107)(H,90,101)(H,91,103)(H,92,105)(H,93,108)(H,94,110)(H,95,109)(H,99,100)(H,111,112)(H4,74,75,80);(H,6,7)/t46-,47-,48-,49-,50-,51-,52-,53-,54-,55-,56-;/m0./s1. The molecule has 11 amide bonds. The van der Waals surface area contributed by atoms with Crippen molar-refractivity contribution in [1.82, 2.24) is 104 Å². The van der Waals surface area contributed by atoms with Crippen molar-refractivity contribution in [3.63, 3.8) is 0 Å². The van der Waals surface area contributed by atoms with Crippen LogP contribution in [0.2, 0.25) is 0 Å². The summed E-state index contributed by atoms with van der Waals surface area (Å²) in [6.07, 6.45) is 4.13. The molecule has 4 heterocycles. The van der Waals surface area contributed by atoms with E-state index >= 15 is 0 Å². The zero-order valence-electron chi connectivity index (χ0n) is 64.2. The number of aliphatic hydroxyl groups excluding tert-OH is 1. The number of unbranched alkanes of at least 4 members (excludes halogenated alkanes) is 2. The van der Waals surface area contributed by atoms with Crippen molar-refractivity contribution in [1.29, 1.82) is 5.41 Å². The average Bonchev–Trinajstić information content (AvgIpc) is 1.80. The molecule has 0 fully saturated rings. The lowest BCUT2D eigenvalue weighted by Crippen LogP contribution is -2.61. The highest BCUT2D eigenvalue weighted by atomic mass is 19.4. The highest BCUT2D eigenvalue weighted by Crippen LogP contribution is 2.16. The molecule has 6 rings (SSSR count). The van der Waals surface area contributed by atoms with Crippen LogP contribution in [0.4, 0.5) is 13.2 Å². The molecule has 6 aromatic rings. The van der Waals surface area contributed by atoms with Gasteiger partial charge in [-0.3, -0.25) is 62.9 Å². The molecule has 0 aliphatic carbocycles. The van der Waals surface area contributed by atoms with Crippen LogP contribution < -0.4 is 86.7 Å². The van der Waals surface area contributed by atoms with E-state index in [1.165, 1.54) is 74.4 Å². The molecule has 0 aliphatic heterocycles. The van der Waals surface area contributed by atoms with E-state index in [2.05, 4.69) is 104 Å². The van der Waals surface area contributed by atoms with Crippen molar-refractivity contribution in [2.24, 2.45) is 22.9 Å². The maximum Gasteiger partial charge on any atom is 0.490 e. The molecule has 44 nitrogen and oxygen atoms in total. The summed E-state index contributed by atoms with van der Waals surface area (Å²) in [6.45, 7) is -1.38. The number of carbonyl (C=O) groups excluding carboxylic acids is 11. The first kappa shape index (κ1) is 96.1. The normalized spacial score (nSPS) is 13.8. The van der Waals surface area contributed by atoms with E-state index in [4.69, 9.17) is 38.2 Å². The van der Waals surface area contributed by atoms with E-state index in [0.29, 0.717) is 42.6 Å². The predicted octanol–water partition coefficient (Wildman–Crippen LogP) is -5.57. The Kier molecular flexibility index (Phi) is 40.5. The molecule has 119 heavy (non-hydrogen) atoms. The third-order valence-electron chi connectivity index (χ3n) is 17.6. The molecule has 648 valence electrons. The number of phenols is 1. The first-order valence-corrected chi connectivity index (χ1v) is 37.3. The van der Waals surface area contributed by atoms with Gasteiger partial charge >= 0.3 is 24.1 Å². The summed E-state index contributed by atoms with van der Waals surface area (Å²) in [5, 5.41) is 85.2. The number of guanidine groups is 1. The third kappa shape index (κ3) is 35.7. The van der Waals surface area contributed by atoms with Crippen LogP contribution in [-0.2, 0) is 106 Å². The number of aliphatic carboxylic acids is 3. The van der Waals surface area contributed by atoms with Gasteiger partial charge in [0.2, 0.25) is 65.0 Å². The van der Waals surface area contributed by atoms with Crippen LogP contribution in [0.25, 0.3) is 0 Å². The summed E-state index contributed by atoms with van der Waals surface area (Å²) in [5.41, 5.74) is 25.4. The fourth-order valence-corrected chi connectivity index (χ4v) is 11.4. The second-order valence-electron chi connectivity index (χ2n) is 27.0. The first-order chi connectivity index (χ1) is 56.7. The van der Waals surface area contributed by atoms with Crippen molar-refractivity contribution >= 4 is 88.8 Å². The molecule has 11 atom stereocenters. The molecule has 0 radical (unpaired) electrons. The number of nitrogens with one attached hydrogen (secondary N) is 17. The maximum absolute atomic E-state index is 14.9. The minimum atomic E-state index is -5.08. The smallest absolute Gasteiger partial charge is 0.490 e. The number of H-pyrrole nitrogens is 4. The Morgan fingerprint density at radius 1 is 0.429 bits per heavy atom. The maximum atomic E-state index is 14.9. The van der Waals surface area contributed by atoms with E-state index in [1.54, 1.807) is 30.3 Å². The van der Waals surface area contributed by atoms with Gasteiger partial charge in [-0.1, -0.05) is 48.9 Å². The lowest BCUT2D eigenvalue weighted by atomic mass is 10.0. The van der Waals surface area contributed by atoms with Gasteiger partial charge in [-0.25, -0.2) is 29.5 Å². The van der Waals surface area contributed by atoms with Gasteiger partial charge in [-0.2, -0.15) is 13.2 Å². The van der Waals surface area contributed by atoms with Crippen LogP contribution in [0, 0.1) is 5.41 Å². The fraction of sp³-hybridized carbons (Fsp3) is 0.458. The summed E-state index contributed by atoms with van der Waals surface area (Å²) >= 11 is 0. The Morgan fingerprint density at radius 3 is 1.17 bits per heavy atom. The quantitative estimate of drug-likeness (QED) is 0.00962. The van der Waals surface area contributed by atoms with Crippen LogP contribution in [0.5, 0.6) is 5.75 Å². The molecule has 2 aromatic carbocycles. The fourth-order valence-electron chi connectivity index (χ4n) is 11.4. The molecule has 30 N–H and O–H groups in total. The Bertz CT molecular complexity index is 4240. The number of imidazole rings is 4. The van der Waals surface area contributed by atoms with Gasteiger partial charge in [0, 0.05) is 99.1 Å². The Labute approximate surface area is 676 Å². The number of rotatable bonds is 51. The van der Waals surface area contributed by atoms with E-state index < -0.39 is 187 Å². The number of phenolic OH excluding ortho intramolecular Hbond substituents is 1. The number of hydrogen-bond donors (Lipinski definition) is 26. The van der Waals surface area contributed by atoms with Gasteiger partial charge in [0.25, 0.3) is 0 Å². The van der Waals surface area contributed by atoms with Crippen molar-refractivity contribution < 1.29 is 106 Å². The molecule has 47 heteroatoms. The van der Waals surface area contributed by atoms with Gasteiger partial charge in [0.1, 0.15) is 66.2 Å². The van der Waals surface area contributed by atoms with Crippen molar-refractivity contribution in [2.45, 2.75) is 175 Å². The number of nitrogens with two attached hydrogens (primary N) is 4. The summed E-state index contributed by atoms with van der Waals surface area (Å²) in [6, 6.07) is -2.70. The van der Waals surface area contributed by atoms with Gasteiger partial charge in [0.15, 0.2) is 5.96 Å². The van der Waals surface area contributed by atoms with Crippen LogP contribution in [-0.4, -0.2) is 260 Å². The second kappa shape index (κ2) is 50.1. The number of aromatic amines is 4. The number of hydrogen-bond acceptors (Lipinski definition) is 24. The number of carbonyl (C=O) groups is 14. The van der Waals surface area contributed by atoms with Crippen LogP contribution >= 0.6 is 0 Å². The molecule has 0 aliphatic rings. The first-order valence-electron chi connectivity index (χ1n) is 37.3. The topological polar surface area (TPSA) is 727 Å². The highest BCUT2D eigenvalue weighted by molar-refractivity contribution is 5.99. The van der Waals surface area contributed by atoms with Crippen molar-refractivity contribution in [3.8, 4) is 5.75 Å². The minimum Gasteiger partial charge on any atom is -0.508 e.